The Bertz CT molecular complexity index is 463. The first-order chi connectivity index (χ1) is 7.09. The van der Waals surface area contributed by atoms with Gasteiger partial charge in [0.15, 0.2) is 5.78 Å². The van der Waals surface area contributed by atoms with Gasteiger partial charge in [0.1, 0.15) is 5.82 Å². The van der Waals surface area contributed by atoms with Crippen molar-refractivity contribution < 1.29 is 9.18 Å². The average molecular weight is 205 g/mol. The van der Waals surface area contributed by atoms with E-state index in [2.05, 4.69) is 0 Å². The highest BCUT2D eigenvalue weighted by Crippen LogP contribution is 2.33. The van der Waals surface area contributed by atoms with Crippen LogP contribution in [0.15, 0.2) is 23.8 Å². The fraction of sp³-hybridized carbons (Fsp3) is 0.250. The number of benzene rings is 1. The smallest absolute Gasteiger partial charge is 0.163 e. The van der Waals surface area contributed by atoms with Crippen molar-refractivity contribution in [2.45, 2.75) is 19.8 Å². The monoisotopic (exact) mass is 205 g/mol. The molecule has 0 radical (unpaired) electrons. The summed E-state index contributed by atoms with van der Waals surface area (Å²) in [5.41, 5.74) is 8.41. The molecule has 0 aliphatic heterocycles. The van der Waals surface area contributed by atoms with Gasteiger partial charge >= 0.3 is 0 Å². The molecule has 1 aromatic rings. The number of nitrogen functional groups attached to an aromatic ring is 1. The normalized spacial score (nSPS) is 16.3. The van der Waals surface area contributed by atoms with Crippen LogP contribution in [0.2, 0.25) is 0 Å². The summed E-state index contributed by atoms with van der Waals surface area (Å²) >= 11 is 0. The Morgan fingerprint density at radius 1 is 1.33 bits per heavy atom. The Labute approximate surface area is 87.6 Å². The summed E-state index contributed by atoms with van der Waals surface area (Å²) in [6, 6.07) is 4.16. The highest BCUT2D eigenvalue weighted by molar-refractivity contribution is 6.24. The second kappa shape index (κ2) is 3.50. The van der Waals surface area contributed by atoms with Gasteiger partial charge in [-0.2, -0.15) is 0 Å². The van der Waals surface area contributed by atoms with E-state index in [1.807, 2.05) is 6.92 Å². The molecule has 2 N–H and O–H groups in total. The van der Waals surface area contributed by atoms with Crippen LogP contribution in [0, 0.1) is 5.82 Å². The molecule has 0 fully saturated rings. The molecule has 0 spiro atoms. The highest BCUT2D eigenvalue weighted by atomic mass is 19.1. The van der Waals surface area contributed by atoms with Crippen molar-refractivity contribution in [1.29, 1.82) is 0 Å². The summed E-state index contributed by atoms with van der Waals surface area (Å²) in [5, 5.41) is 0. The summed E-state index contributed by atoms with van der Waals surface area (Å²) in [4.78, 5) is 11.6. The van der Waals surface area contributed by atoms with E-state index in [1.165, 1.54) is 12.1 Å². The number of nitrogens with two attached hydrogens (primary N) is 1. The molecule has 0 saturated carbocycles. The van der Waals surface area contributed by atoms with E-state index in [-0.39, 0.29) is 11.6 Å². The first-order valence-electron chi connectivity index (χ1n) is 4.88. The molecule has 0 saturated heterocycles. The third-order valence-corrected chi connectivity index (χ3v) is 2.72. The lowest BCUT2D eigenvalue weighted by Gasteiger charge is -2.07. The van der Waals surface area contributed by atoms with Crippen molar-refractivity contribution in [2.24, 2.45) is 0 Å². The summed E-state index contributed by atoms with van der Waals surface area (Å²) in [6.45, 7) is 1.92. The lowest BCUT2D eigenvalue weighted by atomic mass is 10.0. The molecule has 0 heterocycles. The van der Waals surface area contributed by atoms with Crippen molar-refractivity contribution >= 4 is 17.0 Å². The predicted molar refractivity (Wildman–Crippen MR) is 57.6 cm³/mol. The number of carbonyl (C=O) groups excluding carboxylic acids is 1. The van der Waals surface area contributed by atoms with Crippen LogP contribution in [0.1, 0.15) is 25.3 Å². The Kier molecular flexibility index (Phi) is 2.31. The summed E-state index contributed by atoms with van der Waals surface area (Å²) in [7, 11) is 0. The number of hydrogen-bond acceptors (Lipinski definition) is 2. The fourth-order valence-corrected chi connectivity index (χ4v) is 1.93. The van der Waals surface area contributed by atoms with Gasteiger partial charge in [0.2, 0.25) is 0 Å². The molecular formula is C12H12FNO. The van der Waals surface area contributed by atoms with Gasteiger partial charge in [0.25, 0.3) is 0 Å². The first kappa shape index (κ1) is 9.90. The van der Waals surface area contributed by atoms with E-state index in [0.717, 1.165) is 12.0 Å². The van der Waals surface area contributed by atoms with Gasteiger partial charge in [-0.3, -0.25) is 4.79 Å². The largest absolute Gasteiger partial charge is 0.398 e. The molecule has 1 aliphatic carbocycles. The summed E-state index contributed by atoms with van der Waals surface area (Å²) < 4.78 is 12.8. The van der Waals surface area contributed by atoms with Gasteiger partial charge in [-0.15, -0.1) is 0 Å². The molecular weight excluding hydrogens is 193 g/mol. The van der Waals surface area contributed by atoms with E-state index < -0.39 is 0 Å². The summed E-state index contributed by atoms with van der Waals surface area (Å²) in [5.74, 6) is -0.272. The zero-order valence-electron chi connectivity index (χ0n) is 8.51. The number of ketones is 1. The number of anilines is 1. The zero-order valence-corrected chi connectivity index (χ0v) is 8.51. The molecule has 0 amide bonds. The maximum atomic E-state index is 12.8. The Morgan fingerprint density at radius 3 is 2.60 bits per heavy atom. The predicted octanol–water partition coefficient (Wildman–Crippen LogP) is 2.54. The van der Waals surface area contributed by atoms with Crippen LogP contribution in [0.4, 0.5) is 10.1 Å². The van der Waals surface area contributed by atoms with Crippen LogP contribution in [-0.2, 0) is 4.79 Å². The quantitative estimate of drug-likeness (QED) is 0.716. The fourth-order valence-electron chi connectivity index (χ4n) is 1.93. The maximum Gasteiger partial charge on any atom is 0.163 e. The Hall–Kier alpha value is -1.64. The molecule has 15 heavy (non-hydrogen) atoms. The van der Waals surface area contributed by atoms with Gasteiger partial charge in [-0.1, -0.05) is 5.57 Å². The molecule has 0 unspecified atom stereocenters. The third-order valence-electron chi connectivity index (χ3n) is 2.72. The molecule has 2 nitrogen and oxygen atoms in total. The van der Waals surface area contributed by atoms with Crippen LogP contribution >= 0.6 is 0 Å². The molecule has 78 valence electrons. The minimum absolute atomic E-state index is 0.103. The second-order valence-corrected chi connectivity index (χ2v) is 3.81. The van der Waals surface area contributed by atoms with Crippen LogP contribution in [0.25, 0.3) is 5.57 Å². The molecule has 1 aromatic carbocycles. The van der Waals surface area contributed by atoms with Crippen molar-refractivity contribution in [2.75, 3.05) is 5.73 Å². The minimum Gasteiger partial charge on any atom is -0.398 e. The molecule has 3 heteroatoms. The summed E-state index contributed by atoms with van der Waals surface area (Å²) in [6.07, 6.45) is 1.32. The standard InChI is InChI=1S/C12H12FNO/c1-7-2-5-11(15)12(7)9-4-3-8(13)6-10(9)14/h3-4,6H,2,5,14H2,1H3. The van der Waals surface area contributed by atoms with Gasteiger partial charge < -0.3 is 5.73 Å². The third kappa shape index (κ3) is 1.65. The van der Waals surface area contributed by atoms with Crippen molar-refractivity contribution in [3.63, 3.8) is 0 Å². The van der Waals surface area contributed by atoms with E-state index in [9.17, 15) is 9.18 Å². The number of Topliss-reactive ketones (excluding diaryl/α,β-unsaturated/α-hetero) is 1. The highest BCUT2D eigenvalue weighted by Gasteiger charge is 2.23. The van der Waals surface area contributed by atoms with Crippen molar-refractivity contribution in [1.82, 2.24) is 0 Å². The Balaban J connectivity index is 2.55. The van der Waals surface area contributed by atoms with Crippen LogP contribution < -0.4 is 5.73 Å². The van der Waals surface area contributed by atoms with Gasteiger partial charge in [0.05, 0.1) is 0 Å². The number of allylic oxidation sites excluding steroid dienone is 2. The van der Waals surface area contributed by atoms with Gasteiger partial charge in [-0.05, 0) is 31.5 Å². The lowest BCUT2D eigenvalue weighted by molar-refractivity contribution is -0.113. The van der Waals surface area contributed by atoms with E-state index in [1.54, 1.807) is 6.07 Å². The topological polar surface area (TPSA) is 43.1 Å². The molecule has 0 bridgehead atoms. The van der Waals surface area contributed by atoms with E-state index in [0.29, 0.717) is 23.2 Å². The number of rotatable bonds is 1. The van der Waals surface area contributed by atoms with Crippen LogP contribution in [-0.4, -0.2) is 5.78 Å². The number of halogens is 1. The number of hydrogen-bond donors (Lipinski definition) is 1. The van der Waals surface area contributed by atoms with E-state index >= 15 is 0 Å². The molecule has 0 atom stereocenters. The van der Waals surface area contributed by atoms with Crippen molar-refractivity contribution in [3.05, 3.63) is 35.2 Å². The number of carbonyl (C=O) groups is 1. The maximum absolute atomic E-state index is 12.8. The van der Waals surface area contributed by atoms with Gasteiger partial charge in [-0.25, -0.2) is 4.39 Å². The minimum atomic E-state index is -0.375. The second-order valence-electron chi connectivity index (χ2n) is 3.81. The first-order valence-corrected chi connectivity index (χ1v) is 4.88. The molecule has 1 aliphatic rings. The molecule has 2 rings (SSSR count). The van der Waals surface area contributed by atoms with Gasteiger partial charge in [0, 0.05) is 23.2 Å². The lowest BCUT2D eigenvalue weighted by Crippen LogP contribution is -2.00. The van der Waals surface area contributed by atoms with Crippen LogP contribution in [0.5, 0.6) is 0 Å². The average Bonchev–Trinajstić information content (AvgIpc) is 2.48. The zero-order chi connectivity index (χ0) is 11.0. The molecule has 0 aromatic heterocycles. The Morgan fingerprint density at radius 2 is 2.07 bits per heavy atom. The van der Waals surface area contributed by atoms with Crippen molar-refractivity contribution in [3.8, 4) is 0 Å². The van der Waals surface area contributed by atoms with Crippen LogP contribution in [0.3, 0.4) is 0 Å². The SMILES string of the molecule is CC1=C(c2ccc(F)cc2N)C(=O)CC1. The van der Waals surface area contributed by atoms with E-state index in [4.69, 9.17) is 5.73 Å².